The Balaban J connectivity index is 1.47. The summed E-state index contributed by atoms with van der Waals surface area (Å²) < 4.78 is 2.30. The molecule has 2 N–H and O–H groups in total. The highest BCUT2D eigenvalue weighted by Gasteiger charge is 2.41. The molecular formula is C32H35N5OS. The quantitative estimate of drug-likeness (QED) is 0.267. The van der Waals surface area contributed by atoms with E-state index in [4.69, 9.17) is 12.2 Å². The van der Waals surface area contributed by atoms with Crippen LogP contribution in [-0.4, -0.2) is 32.0 Å². The SMILES string of the molecule is Cc1cccc(-n2c(C)cc([C@@H]3[C@H](c4ccccn4)NC(=S)N3CCC(=O)Nc3cc(C)ccc3C)c2C)c1. The largest absolute Gasteiger partial charge is 0.352 e. The zero-order valence-electron chi connectivity index (χ0n) is 23.2. The summed E-state index contributed by atoms with van der Waals surface area (Å²) in [5.41, 5.74) is 9.77. The van der Waals surface area contributed by atoms with Gasteiger partial charge in [0.05, 0.1) is 17.8 Å². The Morgan fingerprint density at radius 1 is 0.974 bits per heavy atom. The van der Waals surface area contributed by atoms with E-state index in [-0.39, 0.29) is 18.0 Å². The third-order valence-electron chi connectivity index (χ3n) is 7.49. The maximum absolute atomic E-state index is 13.1. The van der Waals surface area contributed by atoms with E-state index in [9.17, 15) is 4.79 Å². The van der Waals surface area contributed by atoms with E-state index in [0.29, 0.717) is 18.1 Å². The van der Waals surface area contributed by atoms with Gasteiger partial charge in [0.25, 0.3) is 0 Å². The number of anilines is 1. The van der Waals surface area contributed by atoms with Crippen molar-refractivity contribution >= 4 is 28.9 Å². The smallest absolute Gasteiger partial charge is 0.226 e. The van der Waals surface area contributed by atoms with E-state index in [1.54, 1.807) is 0 Å². The molecule has 6 nitrogen and oxygen atoms in total. The Morgan fingerprint density at radius 3 is 2.51 bits per heavy atom. The van der Waals surface area contributed by atoms with E-state index < -0.39 is 0 Å². The second kappa shape index (κ2) is 11.0. The van der Waals surface area contributed by atoms with Crippen LogP contribution in [0.4, 0.5) is 5.69 Å². The molecule has 0 saturated carbocycles. The molecule has 1 saturated heterocycles. The van der Waals surface area contributed by atoms with Gasteiger partial charge in [0.15, 0.2) is 5.11 Å². The number of aromatic nitrogens is 2. The highest BCUT2D eigenvalue weighted by Crippen LogP contribution is 2.41. The van der Waals surface area contributed by atoms with Gasteiger partial charge >= 0.3 is 0 Å². The van der Waals surface area contributed by atoms with Crippen molar-refractivity contribution in [3.8, 4) is 5.69 Å². The highest BCUT2D eigenvalue weighted by molar-refractivity contribution is 7.80. The van der Waals surface area contributed by atoms with Crippen LogP contribution in [0.2, 0.25) is 0 Å². The number of carbonyl (C=O) groups excluding carboxylic acids is 1. The molecule has 0 radical (unpaired) electrons. The van der Waals surface area contributed by atoms with Gasteiger partial charge in [0.2, 0.25) is 5.91 Å². The summed E-state index contributed by atoms with van der Waals surface area (Å²) in [5.74, 6) is -0.0308. The van der Waals surface area contributed by atoms with Crippen molar-refractivity contribution in [1.82, 2.24) is 19.8 Å². The Morgan fingerprint density at radius 2 is 1.77 bits per heavy atom. The lowest BCUT2D eigenvalue weighted by molar-refractivity contribution is -0.116. The molecule has 2 aromatic carbocycles. The van der Waals surface area contributed by atoms with Gasteiger partial charge in [-0.2, -0.15) is 0 Å². The zero-order chi connectivity index (χ0) is 27.7. The number of rotatable bonds is 7. The minimum atomic E-state index is -0.132. The predicted molar refractivity (Wildman–Crippen MR) is 161 cm³/mol. The summed E-state index contributed by atoms with van der Waals surface area (Å²) in [7, 11) is 0. The zero-order valence-corrected chi connectivity index (χ0v) is 24.0. The van der Waals surface area contributed by atoms with Gasteiger partial charge in [-0.3, -0.25) is 9.78 Å². The molecule has 39 heavy (non-hydrogen) atoms. The molecule has 0 unspecified atom stereocenters. The van der Waals surface area contributed by atoms with Gasteiger partial charge in [0.1, 0.15) is 0 Å². The average molecular weight is 538 g/mol. The third-order valence-corrected chi connectivity index (χ3v) is 7.85. The highest BCUT2D eigenvalue weighted by atomic mass is 32.1. The van der Waals surface area contributed by atoms with Crippen LogP contribution in [0.25, 0.3) is 5.69 Å². The van der Waals surface area contributed by atoms with Gasteiger partial charge in [-0.15, -0.1) is 0 Å². The molecule has 0 aliphatic carbocycles. The number of aryl methyl sites for hydroxylation is 4. The average Bonchev–Trinajstić information content (AvgIpc) is 3.39. The minimum Gasteiger partial charge on any atom is -0.352 e. The molecule has 0 bridgehead atoms. The van der Waals surface area contributed by atoms with Crippen LogP contribution >= 0.6 is 12.2 Å². The standard InChI is InChI=1S/C32H35N5OS/c1-20-9-8-10-25(17-20)37-23(4)19-26(24(37)5)31-30(27-11-6-7-15-33-27)35-32(39)36(31)16-14-29(38)34-28-18-21(2)12-13-22(28)3/h6-13,15,17-19,30-31H,14,16H2,1-5H3,(H,34,38)(H,35,39)/t30-,31+/m0/s1. The van der Waals surface area contributed by atoms with Crippen LogP contribution in [0.3, 0.4) is 0 Å². The van der Waals surface area contributed by atoms with Gasteiger partial charge in [-0.05, 0) is 105 Å². The van der Waals surface area contributed by atoms with Crippen molar-refractivity contribution in [2.45, 2.75) is 53.1 Å². The first-order valence-corrected chi connectivity index (χ1v) is 13.7. The molecule has 3 heterocycles. The fourth-order valence-electron chi connectivity index (χ4n) is 5.54. The van der Waals surface area contributed by atoms with E-state index >= 15 is 0 Å². The number of hydrogen-bond donors (Lipinski definition) is 2. The van der Waals surface area contributed by atoms with Crippen molar-refractivity contribution in [1.29, 1.82) is 0 Å². The summed E-state index contributed by atoms with van der Waals surface area (Å²) in [4.78, 5) is 19.9. The Bertz CT molecular complexity index is 1530. The van der Waals surface area contributed by atoms with Gasteiger partial charge < -0.3 is 20.1 Å². The number of thiocarbonyl (C=S) groups is 1. The van der Waals surface area contributed by atoms with Crippen LogP contribution in [0.5, 0.6) is 0 Å². The lowest BCUT2D eigenvalue weighted by Crippen LogP contribution is -2.33. The first-order valence-electron chi connectivity index (χ1n) is 13.3. The van der Waals surface area contributed by atoms with Gasteiger partial charge in [0, 0.05) is 41.9 Å². The number of nitrogens with one attached hydrogen (secondary N) is 2. The molecule has 200 valence electrons. The number of hydrogen-bond acceptors (Lipinski definition) is 3. The molecule has 4 aromatic rings. The van der Waals surface area contributed by atoms with E-state index in [1.807, 2.05) is 50.4 Å². The minimum absolute atomic E-state index is 0.0308. The molecule has 1 fully saturated rings. The first-order chi connectivity index (χ1) is 18.7. The summed E-state index contributed by atoms with van der Waals surface area (Å²) in [6.07, 6.45) is 2.13. The maximum Gasteiger partial charge on any atom is 0.226 e. The molecule has 2 aromatic heterocycles. The predicted octanol–water partition coefficient (Wildman–Crippen LogP) is 6.42. The molecule has 5 rings (SSSR count). The van der Waals surface area contributed by atoms with E-state index in [1.165, 1.54) is 11.1 Å². The van der Waals surface area contributed by atoms with Crippen LogP contribution in [0.15, 0.2) is 72.9 Å². The number of benzene rings is 2. The third kappa shape index (κ3) is 5.45. The van der Waals surface area contributed by atoms with Crippen molar-refractivity contribution < 1.29 is 4.79 Å². The second-order valence-corrected chi connectivity index (χ2v) is 10.8. The van der Waals surface area contributed by atoms with Crippen molar-refractivity contribution in [3.63, 3.8) is 0 Å². The topological polar surface area (TPSA) is 62.2 Å². The molecular weight excluding hydrogens is 502 g/mol. The van der Waals surface area contributed by atoms with Crippen LogP contribution in [0, 0.1) is 34.6 Å². The van der Waals surface area contributed by atoms with Crippen molar-refractivity contribution in [3.05, 3.63) is 112 Å². The van der Waals surface area contributed by atoms with Crippen LogP contribution < -0.4 is 10.6 Å². The van der Waals surface area contributed by atoms with Crippen LogP contribution in [0.1, 0.15) is 57.8 Å². The number of nitrogens with zero attached hydrogens (tertiary/aromatic N) is 3. The maximum atomic E-state index is 13.1. The fraction of sp³-hybridized carbons (Fsp3) is 0.281. The summed E-state index contributed by atoms with van der Waals surface area (Å²) in [6, 6.07) is 22.6. The Hall–Kier alpha value is -3.97. The van der Waals surface area contributed by atoms with E-state index in [0.717, 1.165) is 39.6 Å². The van der Waals surface area contributed by atoms with Gasteiger partial charge in [-0.25, -0.2) is 0 Å². The van der Waals surface area contributed by atoms with Crippen molar-refractivity contribution in [2.75, 3.05) is 11.9 Å². The Kier molecular flexibility index (Phi) is 7.53. The Labute approximate surface area is 236 Å². The number of amides is 1. The lowest BCUT2D eigenvalue weighted by atomic mass is 9.96. The molecule has 0 spiro atoms. The molecule has 1 aliphatic heterocycles. The lowest BCUT2D eigenvalue weighted by Gasteiger charge is -2.28. The summed E-state index contributed by atoms with van der Waals surface area (Å²) in [6.45, 7) is 10.9. The monoisotopic (exact) mass is 537 g/mol. The number of carbonyl (C=O) groups is 1. The normalized spacial score (nSPS) is 16.8. The van der Waals surface area contributed by atoms with Crippen molar-refractivity contribution in [2.24, 2.45) is 0 Å². The molecule has 1 amide bonds. The van der Waals surface area contributed by atoms with E-state index in [2.05, 4.69) is 82.3 Å². The fourth-order valence-corrected chi connectivity index (χ4v) is 5.87. The summed E-state index contributed by atoms with van der Waals surface area (Å²) >= 11 is 5.86. The summed E-state index contributed by atoms with van der Waals surface area (Å²) in [5, 5.41) is 7.25. The molecule has 7 heteroatoms. The first kappa shape index (κ1) is 26.6. The number of pyridine rings is 1. The van der Waals surface area contributed by atoms with Gasteiger partial charge in [-0.1, -0.05) is 30.3 Å². The molecule has 1 aliphatic rings. The van der Waals surface area contributed by atoms with Crippen LogP contribution in [-0.2, 0) is 4.79 Å². The molecule has 2 atom stereocenters. The second-order valence-electron chi connectivity index (χ2n) is 10.4.